The van der Waals surface area contributed by atoms with Crippen molar-refractivity contribution in [2.24, 2.45) is 0 Å². The van der Waals surface area contributed by atoms with Gasteiger partial charge in [0.05, 0.1) is 16.9 Å². The number of carboxylic acid groups (broad SMARTS) is 1. The number of carbonyl (C=O) groups is 1. The van der Waals surface area contributed by atoms with Gasteiger partial charge in [-0.1, -0.05) is 36.4 Å². The average molecular weight is 278 g/mol. The molecule has 0 radical (unpaired) electrons. The number of nitrogens with two attached hydrogens (primary N) is 1. The van der Waals surface area contributed by atoms with Crippen LogP contribution >= 0.6 is 0 Å². The van der Waals surface area contributed by atoms with E-state index < -0.39 is 5.97 Å². The molecule has 0 saturated carbocycles. The van der Waals surface area contributed by atoms with Gasteiger partial charge >= 0.3 is 5.97 Å². The molecule has 0 atom stereocenters. The largest absolute Gasteiger partial charge is 0.478 e. The van der Waals surface area contributed by atoms with Crippen molar-refractivity contribution in [1.82, 2.24) is 0 Å². The lowest BCUT2D eigenvalue weighted by Crippen LogP contribution is -2.05. The average Bonchev–Trinajstić information content (AvgIpc) is 2.49. The number of nitrogens with one attached hydrogen (secondary N) is 1. The molecule has 0 saturated heterocycles. The van der Waals surface area contributed by atoms with Gasteiger partial charge < -0.3 is 16.2 Å². The smallest absolute Gasteiger partial charge is 0.337 e. The van der Waals surface area contributed by atoms with Gasteiger partial charge in [-0.2, -0.15) is 0 Å². The van der Waals surface area contributed by atoms with Crippen molar-refractivity contribution >= 4 is 33.8 Å². The highest BCUT2D eigenvalue weighted by Crippen LogP contribution is 2.29. The number of hydrogen-bond donors (Lipinski definition) is 3. The minimum Gasteiger partial charge on any atom is -0.478 e. The van der Waals surface area contributed by atoms with E-state index in [0.717, 1.165) is 16.5 Å². The van der Waals surface area contributed by atoms with Gasteiger partial charge in [0, 0.05) is 5.69 Å². The van der Waals surface area contributed by atoms with Gasteiger partial charge in [0.1, 0.15) is 0 Å². The summed E-state index contributed by atoms with van der Waals surface area (Å²) in [4.78, 5) is 11.3. The van der Waals surface area contributed by atoms with Crippen LogP contribution in [-0.2, 0) is 0 Å². The Labute approximate surface area is 121 Å². The molecule has 4 nitrogen and oxygen atoms in total. The van der Waals surface area contributed by atoms with Gasteiger partial charge in [0.2, 0.25) is 0 Å². The van der Waals surface area contributed by atoms with E-state index in [1.807, 2.05) is 42.5 Å². The molecule has 0 aliphatic carbocycles. The summed E-state index contributed by atoms with van der Waals surface area (Å²) < 4.78 is 0. The number of fused-ring (bicyclic) bond motifs is 1. The molecule has 0 unspecified atom stereocenters. The normalized spacial score (nSPS) is 10.5. The Morgan fingerprint density at radius 1 is 0.952 bits per heavy atom. The summed E-state index contributed by atoms with van der Waals surface area (Å²) in [7, 11) is 0. The van der Waals surface area contributed by atoms with Crippen LogP contribution in [-0.4, -0.2) is 11.1 Å². The molecule has 3 aromatic rings. The number of nitrogen functional groups attached to an aromatic ring is 1. The number of para-hydroxylation sites is 1. The molecule has 4 N–H and O–H groups in total. The molecule has 0 aromatic heterocycles. The first-order valence-corrected chi connectivity index (χ1v) is 6.53. The monoisotopic (exact) mass is 278 g/mol. The molecule has 0 bridgehead atoms. The summed E-state index contributed by atoms with van der Waals surface area (Å²) in [5.41, 5.74) is 7.67. The van der Waals surface area contributed by atoms with Crippen LogP contribution < -0.4 is 11.1 Å². The van der Waals surface area contributed by atoms with Gasteiger partial charge in [-0.15, -0.1) is 0 Å². The molecule has 0 aliphatic rings. The number of carboxylic acids is 1. The molecule has 104 valence electrons. The quantitative estimate of drug-likeness (QED) is 0.636. The first-order chi connectivity index (χ1) is 10.1. The van der Waals surface area contributed by atoms with E-state index >= 15 is 0 Å². The molecular weight excluding hydrogens is 264 g/mol. The lowest BCUT2D eigenvalue weighted by atomic mass is 10.1. The minimum absolute atomic E-state index is 0.156. The molecule has 3 rings (SSSR count). The third-order valence-corrected chi connectivity index (χ3v) is 3.35. The molecule has 3 aromatic carbocycles. The van der Waals surface area contributed by atoms with Crippen molar-refractivity contribution in [3.63, 3.8) is 0 Å². The molecule has 0 heterocycles. The Morgan fingerprint density at radius 2 is 1.71 bits per heavy atom. The Kier molecular flexibility index (Phi) is 3.20. The van der Waals surface area contributed by atoms with Crippen molar-refractivity contribution in [1.29, 1.82) is 0 Å². The van der Waals surface area contributed by atoms with Gasteiger partial charge in [-0.3, -0.25) is 0 Å². The van der Waals surface area contributed by atoms with E-state index in [4.69, 9.17) is 5.73 Å². The molecule has 0 amide bonds. The lowest BCUT2D eigenvalue weighted by Gasteiger charge is -2.13. The van der Waals surface area contributed by atoms with Crippen LogP contribution in [0.25, 0.3) is 10.8 Å². The van der Waals surface area contributed by atoms with E-state index in [2.05, 4.69) is 5.32 Å². The number of rotatable bonds is 3. The van der Waals surface area contributed by atoms with Gasteiger partial charge in [-0.05, 0) is 35.0 Å². The van der Waals surface area contributed by atoms with Crippen LogP contribution in [0.5, 0.6) is 0 Å². The fourth-order valence-electron chi connectivity index (χ4n) is 2.30. The number of anilines is 3. The van der Waals surface area contributed by atoms with E-state index in [1.54, 1.807) is 12.1 Å². The van der Waals surface area contributed by atoms with Crippen LogP contribution in [0.1, 0.15) is 10.4 Å². The van der Waals surface area contributed by atoms with Crippen molar-refractivity contribution in [3.8, 4) is 0 Å². The highest BCUT2D eigenvalue weighted by molar-refractivity contribution is 5.99. The van der Waals surface area contributed by atoms with Crippen molar-refractivity contribution in [3.05, 3.63) is 66.2 Å². The summed E-state index contributed by atoms with van der Waals surface area (Å²) >= 11 is 0. The Hall–Kier alpha value is -3.01. The topological polar surface area (TPSA) is 75.4 Å². The summed E-state index contributed by atoms with van der Waals surface area (Å²) in [6.45, 7) is 0. The summed E-state index contributed by atoms with van der Waals surface area (Å²) in [5.74, 6) is -1.01. The standard InChI is InChI=1S/C17H14N2O2/c18-15-7-3-6-14(17(20)21)16(15)19-13-9-8-11-4-1-2-5-12(11)10-13/h1-10,19H,18H2,(H,20,21). The van der Waals surface area contributed by atoms with Crippen LogP contribution in [0.4, 0.5) is 17.1 Å². The van der Waals surface area contributed by atoms with E-state index in [0.29, 0.717) is 11.4 Å². The Morgan fingerprint density at radius 3 is 2.48 bits per heavy atom. The van der Waals surface area contributed by atoms with Crippen molar-refractivity contribution in [2.75, 3.05) is 11.1 Å². The highest BCUT2D eigenvalue weighted by atomic mass is 16.4. The third-order valence-electron chi connectivity index (χ3n) is 3.35. The predicted molar refractivity (Wildman–Crippen MR) is 85.0 cm³/mol. The zero-order valence-electron chi connectivity index (χ0n) is 11.2. The first kappa shape index (κ1) is 13.0. The van der Waals surface area contributed by atoms with Gasteiger partial charge in [-0.25, -0.2) is 4.79 Å². The zero-order valence-corrected chi connectivity index (χ0v) is 11.2. The van der Waals surface area contributed by atoms with Gasteiger partial charge in [0.15, 0.2) is 0 Å². The SMILES string of the molecule is Nc1cccc(C(=O)O)c1Nc1ccc2ccccc2c1. The lowest BCUT2D eigenvalue weighted by molar-refractivity contribution is 0.0698. The molecule has 0 fully saturated rings. The van der Waals surface area contributed by atoms with Crippen LogP contribution in [0.15, 0.2) is 60.7 Å². The fourth-order valence-corrected chi connectivity index (χ4v) is 2.30. The van der Waals surface area contributed by atoms with Gasteiger partial charge in [0.25, 0.3) is 0 Å². The summed E-state index contributed by atoms with van der Waals surface area (Å²) in [6, 6.07) is 18.7. The molecule has 4 heteroatoms. The maximum absolute atomic E-state index is 11.3. The zero-order chi connectivity index (χ0) is 14.8. The maximum atomic E-state index is 11.3. The molecule has 0 spiro atoms. The second-order valence-corrected chi connectivity index (χ2v) is 4.76. The Bertz CT molecular complexity index is 828. The number of benzene rings is 3. The van der Waals surface area contributed by atoms with E-state index in [-0.39, 0.29) is 5.56 Å². The molecule has 21 heavy (non-hydrogen) atoms. The molecular formula is C17H14N2O2. The second-order valence-electron chi connectivity index (χ2n) is 4.76. The summed E-state index contributed by atoms with van der Waals surface area (Å²) in [6.07, 6.45) is 0. The van der Waals surface area contributed by atoms with Crippen molar-refractivity contribution in [2.45, 2.75) is 0 Å². The van der Waals surface area contributed by atoms with Crippen LogP contribution in [0.2, 0.25) is 0 Å². The van der Waals surface area contributed by atoms with E-state index in [1.165, 1.54) is 6.07 Å². The third kappa shape index (κ3) is 2.51. The van der Waals surface area contributed by atoms with Crippen LogP contribution in [0, 0.1) is 0 Å². The second kappa shape index (κ2) is 5.17. The fraction of sp³-hybridized carbons (Fsp3) is 0. The predicted octanol–water partition coefficient (Wildman–Crippen LogP) is 3.86. The molecule has 0 aliphatic heterocycles. The van der Waals surface area contributed by atoms with Crippen molar-refractivity contribution < 1.29 is 9.90 Å². The first-order valence-electron chi connectivity index (χ1n) is 6.53. The van der Waals surface area contributed by atoms with Crippen LogP contribution in [0.3, 0.4) is 0 Å². The maximum Gasteiger partial charge on any atom is 0.337 e. The van der Waals surface area contributed by atoms with E-state index in [9.17, 15) is 9.90 Å². The highest BCUT2D eigenvalue weighted by Gasteiger charge is 2.12. The summed E-state index contributed by atoms with van der Waals surface area (Å²) in [5, 5.41) is 14.6. The Balaban J connectivity index is 2.04. The number of aromatic carboxylic acids is 1. The number of hydrogen-bond acceptors (Lipinski definition) is 3. The minimum atomic E-state index is -1.01.